The van der Waals surface area contributed by atoms with Crippen molar-refractivity contribution in [2.75, 3.05) is 12.4 Å². The first-order chi connectivity index (χ1) is 10.8. The molecule has 6 nitrogen and oxygen atoms in total. The lowest BCUT2D eigenvalue weighted by Crippen LogP contribution is -2.26. The number of carbonyl (C=O) groups excluding carboxylic acids is 1. The molecule has 0 spiro atoms. The van der Waals surface area contributed by atoms with E-state index in [4.69, 9.17) is 4.42 Å². The first-order valence-corrected chi connectivity index (χ1v) is 8.69. The number of carbonyl (C=O) groups is 1. The molecule has 2 heterocycles. The fourth-order valence-corrected chi connectivity index (χ4v) is 3.78. The molecular formula is C16H18N2O4S. The maximum atomic E-state index is 12.7. The lowest BCUT2D eigenvalue weighted by atomic mass is 10.0. The molecule has 3 rings (SSSR count). The number of sulfonamides is 1. The van der Waals surface area contributed by atoms with Gasteiger partial charge in [0.15, 0.2) is 0 Å². The van der Waals surface area contributed by atoms with E-state index in [1.165, 1.54) is 17.4 Å². The quantitative estimate of drug-likeness (QED) is 0.931. The Kier molecular flexibility index (Phi) is 3.77. The van der Waals surface area contributed by atoms with Gasteiger partial charge in [-0.3, -0.25) is 4.79 Å². The summed E-state index contributed by atoms with van der Waals surface area (Å²) in [5.74, 6) is 0.855. The van der Waals surface area contributed by atoms with Crippen LogP contribution >= 0.6 is 0 Å². The topological polar surface area (TPSA) is 79.6 Å². The van der Waals surface area contributed by atoms with Crippen LogP contribution in [0.4, 0.5) is 5.69 Å². The van der Waals surface area contributed by atoms with Crippen molar-refractivity contribution >= 4 is 21.6 Å². The molecule has 0 aliphatic carbocycles. The van der Waals surface area contributed by atoms with Crippen LogP contribution in [0, 0.1) is 6.92 Å². The van der Waals surface area contributed by atoms with Crippen molar-refractivity contribution in [3.63, 3.8) is 0 Å². The van der Waals surface area contributed by atoms with Gasteiger partial charge in [-0.1, -0.05) is 0 Å². The zero-order chi connectivity index (χ0) is 16.8. The maximum Gasteiger partial charge on any atom is 0.243 e. The van der Waals surface area contributed by atoms with E-state index in [0.29, 0.717) is 17.0 Å². The van der Waals surface area contributed by atoms with E-state index >= 15 is 0 Å². The predicted molar refractivity (Wildman–Crippen MR) is 85.6 cm³/mol. The molecule has 1 aliphatic rings. The molecule has 0 radical (unpaired) electrons. The van der Waals surface area contributed by atoms with Gasteiger partial charge in [-0.05, 0) is 49.7 Å². The standard InChI is InChI=1S/C16H18N2O4S/c1-10-4-5-12(22-10)9-18(3)23(20,21)13-6-7-15-14(8-13)11(2)16(19)17-15/h4-8,11H,9H2,1-3H3,(H,17,19)/t11-/m1/s1. The average molecular weight is 334 g/mol. The molecule has 1 aromatic carbocycles. The van der Waals surface area contributed by atoms with Gasteiger partial charge in [-0.15, -0.1) is 0 Å². The minimum Gasteiger partial charge on any atom is -0.465 e. The van der Waals surface area contributed by atoms with Gasteiger partial charge in [0.2, 0.25) is 15.9 Å². The van der Waals surface area contributed by atoms with Crippen LogP contribution in [0.5, 0.6) is 0 Å². The van der Waals surface area contributed by atoms with Gasteiger partial charge in [0, 0.05) is 12.7 Å². The average Bonchev–Trinajstić information content (AvgIpc) is 3.03. The SMILES string of the molecule is Cc1ccc(CN(C)S(=O)(=O)c2ccc3c(c2)[C@@H](C)C(=O)N3)o1. The molecule has 0 fully saturated rings. The minimum absolute atomic E-state index is 0.117. The van der Waals surface area contributed by atoms with E-state index in [1.807, 2.05) is 6.92 Å². The van der Waals surface area contributed by atoms with Gasteiger partial charge in [0.25, 0.3) is 0 Å². The molecule has 1 N–H and O–H groups in total. The molecule has 1 atom stereocenters. The highest BCUT2D eigenvalue weighted by molar-refractivity contribution is 7.89. The van der Waals surface area contributed by atoms with Gasteiger partial charge >= 0.3 is 0 Å². The van der Waals surface area contributed by atoms with Crippen LogP contribution < -0.4 is 5.32 Å². The maximum absolute atomic E-state index is 12.7. The van der Waals surface area contributed by atoms with Crippen molar-refractivity contribution in [2.24, 2.45) is 0 Å². The van der Waals surface area contributed by atoms with E-state index in [-0.39, 0.29) is 23.3 Å². The van der Waals surface area contributed by atoms with Crippen LogP contribution in [0.3, 0.4) is 0 Å². The van der Waals surface area contributed by atoms with Crippen molar-refractivity contribution in [1.82, 2.24) is 4.31 Å². The van der Waals surface area contributed by atoms with E-state index in [0.717, 1.165) is 5.76 Å². The number of hydrogen-bond acceptors (Lipinski definition) is 4. The third kappa shape index (κ3) is 2.77. The van der Waals surface area contributed by atoms with Gasteiger partial charge in [-0.25, -0.2) is 8.42 Å². The first-order valence-electron chi connectivity index (χ1n) is 7.25. The normalized spacial score (nSPS) is 17.4. The number of aryl methyl sites for hydroxylation is 1. The molecule has 7 heteroatoms. The van der Waals surface area contributed by atoms with Crippen molar-refractivity contribution < 1.29 is 17.6 Å². The van der Waals surface area contributed by atoms with Gasteiger partial charge in [0.1, 0.15) is 11.5 Å². The number of rotatable bonds is 4. The number of benzene rings is 1. The molecular weight excluding hydrogens is 316 g/mol. The molecule has 122 valence electrons. The Morgan fingerprint density at radius 1 is 1.26 bits per heavy atom. The fourth-order valence-electron chi connectivity index (χ4n) is 2.61. The van der Waals surface area contributed by atoms with E-state index in [2.05, 4.69) is 5.32 Å². The molecule has 0 saturated carbocycles. The summed E-state index contributed by atoms with van der Waals surface area (Å²) in [4.78, 5) is 11.9. The molecule has 1 aliphatic heterocycles. The third-order valence-electron chi connectivity index (χ3n) is 4.02. The van der Waals surface area contributed by atoms with Crippen molar-refractivity contribution in [1.29, 1.82) is 0 Å². The van der Waals surface area contributed by atoms with Crippen molar-refractivity contribution in [2.45, 2.75) is 31.2 Å². The number of hydrogen-bond donors (Lipinski definition) is 1. The summed E-state index contributed by atoms with van der Waals surface area (Å²) in [6.07, 6.45) is 0. The highest BCUT2D eigenvalue weighted by Gasteiger charge is 2.29. The zero-order valence-electron chi connectivity index (χ0n) is 13.2. The minimum atomic E-state index is -3.66. The summed E-state index contributed by atoms with van der Waals surface area (Å²) in [6, 6.07) is 8.26. The summed E-state index contributed by atoms with van der Waals surface area (Å²) in [5, 5.41) is 2.74. The molecule has 1 amide bonds. The highest BCUT2D eigenvalue weighted by atomic mass is 32.2. The molecule has 23 heavy (non-hydrogen) atoms. The number of anilines is 1. The molecule has 0 bridgehead atoms. The Morgan fingerprint density at radius 2 is 2.00 bits per heavy atom. The van der Waals surface area contributed by atoms with E-state index < -0.39 is 10.0 Å². The summed E-state index contributed by atoms with van der Waals surface area (Å²) >= 11 is 0. The number of fused-ring (bicyclic) bond motifs is 1. The summed E-state index contributed by atoms with van der Waals surface area (Å²) in [5.41, 5.74) is 1.38. The summed E-state index contributed by atoms with van der Waals surface area (Å²) < 4.78 is 32.1. The Bertz CT molecular complexity index is 870. The number of furan rings is 1. The second-order valence-corrected chi connectivity index (χ2v) is 7.78. The number of nitrogens with one attached hydrogen (secondary N) is 1. The largest absolute Gasteiger partial charge is 0.465 e. The van der Waals surface area contributed by atoms with Crippen molar-refractivity contribution in [3.8, 4) is 0 Å². The van der Waals surface area contributed by atoms with Gasteiger partial charge < -0.3 is 9.73 Å². The van der Waals surface area contributed by atoms with Crippen LogP contribution in [0.15, 0.2) is 39.6 Å². The smallest absolute Gasteiger partial charge is 0.243 e. The predicted octanol–water partition coefficient (Wildman–Crippen LogP) is 2.46. The van der Waals surface area contributed by atoms with Crippen LogP contribution in [0.25, 0.3) is 0 Å². The molecule has 0 saturated heterocycles. The van der Waals surface area contributed by atoms with Crippen LogP contribution in [-0.2, 0) is 21.4 Å². The summed E-state index contributed by atoms with van der Waals surface area (Å²) in [6.45, 7) is 3.72. The molecule has 2 aromatic rings. The second kappa shape index (κ2) is 5.50. The highest BCUT2D eigenvalue weighted by Crippen LogP contribution is 2.34. The van der Waals surface area contributed by atoms with Gasteiger partial charge in [0.05, 0.1) is 17.4 Å². The molecule has 0 unspecified atom stereocenters. The Morgan fingerprint density at radius 3 is 2.65 bits per heavy atom. The Labute approximate surface area is 135 Å². The Hall–Kier alpha value is -2.12. The third-order valence-corrected chi connectivity index (χ3v) is 5.82. The first kappa shape index (κ1) is 15.8. The second-order valence-electron chi connectivity index (χ2n) is 5.73. The number of amides is 1. The van der Waals surface area contributed by atoms with E-state index in [9.17, 15) is 13.2 Å². The molecule has 1 aromatic heterocycles. The summed E-state index contributed by atoms with van der Waals surface area (Å²) in [7, 11) is -2.15. The lowest BCUT2D eigenvalue weighted by Gasteiger charge is -2.16. The van der Waals surface area contributed by atoms with Gasteiger partial charge in [-0.2, -0.15) is 4.31 Å². The van der Waals surface area contributed by atoms with Crippen LogP contribution in [-0.4, -0.2) is 25.7 Å². The van der Waals surface area contributed by atoms with Crippen molar-refractivity contribution in [3.05, 3.63) is 47.4 Å². The zero-order valence-corrected chi connectivity index (χ0v) is 14.0. The van der Waals surface area contributed by atoms with E-state index in [1.54, 1.807) is 31.2 Å². The van der Waals surface area contributed by atoms with Crippen LogP contribution in [0.1, 0.15) is 29.9 Å². The monoisotopic (exact) mass is 334 g/mol. The van der Waals surface area contributed by atoms with Crippen LogP contribution in [0.2, 0.25) is 0 Å². The Balaban J connectivity index is 1.89. The fraction of sp³-hybridized carbons (Fsp3) is 0.312. The number of nitrogens with zero attached hydrogens (tertiary/aromatic N) is 1. The lowest BCUT2D eigenvalue weighted by molar-refractivity contribution is -0.116.